The molecule has 0 fully saturated rings. The van der Waals surface area contributed by atoms with Crippen LogP contribution in [0.5, 0.6) is 0 Å². The fraction of sp³-hybridized carbons (Fsp3) is 0.250. The molecule has 0 saturated carbocycles. The number of carbonyl (C=O) groups excluding carboxylic acids is 2. The summed E-state index contributed by atoms with van der Waals surface area (Å²) in [5.74, 6) is -6.18. The van der Waals surface area contributed by atoms with Gasteiger partial charge < -0.3 is 30.3 Å². The van der Waals surface area contributed by atoms with Crippen LogP contribution in [0, 0.1) is 0 Å². The van der Waals surface area contributed by atoms with Gasteiger partial charge in [-0.3, -0.25) is 9.59 Å². The molecule has 55 heavy (non-hydrogen) atoms. The van der Waals surface area contributed by atoms with Gasteiger partial charge in [0, 0.05) is 67.8 Å². The largest absolute Gasteiger partial charge is 2.00 e. The maximum atomic E-state index is 12.4. The van der Waals surface area contributed by atoms with E-state index in [-0.39, 0.29) is 61.5 Å². The van der Waals surface area contributed by atoms with Crippen molar-refractivity contribution in [3.63, 3.8) is 0 Å². The Hall–Kier alpha value is -4.68. The van der Waals surface area contributed by atoms with Gasteiger partial charge in [-0.05, 0) is 85.0 Å². The second-order valence-electron chi connectivity index (χ2n) is 12.2. The molecule has 2 aromatic heterocycles. The third-order valence-electron chi connectivity index (χ3n) is 8.67. The fourth-order valence-corrected chi connectivity index (χ4v) is 6.10. The summed E-state index contributed by atoms with van der Waals surface area (Å²) in [6, 6.07) is 24.9. The number of unbranched alkanes of at least 4 members (excludes halogenated alkanes) is 2. The molecule has 0 saturated heterocycles. The molecule has 8 nitrogen and oxygen atoms in total. The number of halogens is 6. The molecule has 4 aromatic carbocycles. The Kier molecular flexibility index (Phi) is 16.3. The predicted octanol–water partition coefficient (Wildman–Crippen LogP) is 7.32. The van der Waals surface area contributed by atoms with Crippen molar-refractivity contribution in [2.45, 2.75) is 65.0 Å². The Morgan fingerprint density at radius 2 is 0.891 bits per heavy atom. The maximum Gasteiger partial charge on any atom is 2.00 e. The standard InChI is InChI=1S/2C20H18F3NO2.Cd.2H2O/c2*1-2-3-10-24-16-7-5-4-6-14(16)15-11-13(8-9-17(15)24)18(25)12-19(26)20(21,22)23;;;/h2*4-9,11-12,26H,2-3,10H2,1H3;;2*1H2/q;;+2;;/b2*19-12-;;;. The molecular formula is C40H40CdF6N2O6+2. The van der Waals surface area contributed by atoms with Crippen LogP contribution in [-0.2, 0) is 51.3 Å². The molecule has 0 aliphatic carbocycles. The van der Waals surface area contributed by atoms with Crippen molar-refractivity contribution < 1.29 is 84.4 Å². The Morgan fingerprint density at radius 3 is 1.22 bits per heavy atom. The average Bonchev–Trinajstić information content (AvgIpc) is 3.60. The molecule has 0 atom stereocenters. The SMILES string of the molecule is CCCCn1c2ccccc2c2cc(C(=O)/C=C(\[O-])C(F)(F)F)ccc21.CCCCn1c2ccccc2c2cc(C(=O)/C=C(\[O-])C(F)(F)F)ccc21.[Cd+2].[OH3+].[OH3+]. The number of hydrogen-bond acceptors (Lipinski definition) is 4. The zero-order valence-corrected chi connectivity index (χ0v) is 34.2. The first-order chi connectivity index (χ1) is 24.6. The topological polar surface area (TPSA) is 156 Å². The number of aryl methyl sites for hydroxylation is 2. The van der Waals surface area contributed by atoms with Gasteiger partial charge in [0.1, 0.15) is 0 Å². The van der Waals surface area contributed by atoms with E-state index >= 15 is 0 Å². The van der Waals surface area contributed by atoms with E-state index in [0.29, 0.717) is 0 Å². The third-order valence-corrected chi connectivity index (χ3v) is 8.67. The van der Waals surface area contributed by atoms with Gasteiger partial charge in [-0.2, -0.15) is 26.3 Å². The van der Waals surface area contributed by atoms with Gasteiger partial charge in [-0.1, -0.05) is 63.1 Å². The fourth-order valence-electron chi connectivity index (χ4n) is 6.10. The van der Waals surface area contributed by atoms with E-state index in [0.717, 1.165) is 82.4 Å². The molecule has 0 amide bonds. The van der Waals surface area contributed by atoms with Gasteiger partial charge in [-0.15, -0.1) is 0 Å². The zero-order valence-electron chi connectivity index (χ0n) is 30.1. The molecule has 288 valence electrons. The quantitative estimate of drug-likeness (QED) is 0.0353. The molecule has 0 aliphatic heterocycles. The summed E-state index contributed by atoms with van der Waals surface area (Å²) in [5.41, 5.74) is 3.98. The number of alkyl halides is 6. The molecule has 0 aliphatic rings. The van der Waals surface area contributed by atoms with Crippen LogP contribution >= 0.6 is 0 Å². The Labute approximate surface area is 332 Å². The van der Waals surface area contributed by atoms with Gasteiger partial charge >= 0.3 is 39.7 Å². The van der Waals surface area contributed by atoms with Crippen LogP contribution in [0.3, 0.4) is 0 Å². The summed E-state index contributed by atoms with van der Waals surface area (Å²) in [4.78, 5) is 24.2. The van der Waals surface area contributed by atoms with Crippen molar-refractivity contribution in [2.75, 3.05) is 0 Å². The average molecular weight is 871 g/mol. The first kappa shape index (κ1) is 46.5. The molecular weight excluding hydrogens is 831 g/mol. The van der Waals surface area contributed by atoms with E-state index in [4.69, 9.17) is 0 Å². The number of hydrogen-bond donors (Lipinski definition) is 0. The molecule has 6 rings (SSSR count). The van der Waals surface area contributed by atoms with E-state index in [1.807, 2.05) is 48.5 Å². The van der Waals surface area contributed by atoms with Gasteiger partial charge in [0.2, 0.25) is 0 Å². The zero-order chi connectivity index (χ0) is 37.8. The van der Waals surface area contributed by atoms with Gasteiger partial charge in [0.15, 0.2) is 11.6 Å². The van der Waals surface area contributed by atoms with Crippen LogP contribution in [0.4, 0.5) is 26.3 Å². The number of carbonyl (C=O) groups is 2. The van der Waals surface area contributed by atoms with Crippen molar-refractivity contribution in [1.82, 2.24) is 9.13 Å². The minimum atomic E-state index is -5.05. The van der Waals surface area contributed by atoms with Crippen LogP contribution in [-0.4, -0.2) is 33.1 Å². The maximum absolute atomic E-state index is 12.4. The number of fused-ring (bicyclic) bond motifs is 6. The Bertz CT molecular complexity index is 2180. The van der Waals surface area contributed by atoms with Crippen molar-refractivity contribution in [3.8, 4) is 0 Å². The molecule has 6 aromatic rings. The molecule has 15 heteroatoms. The van der Waals surface area contributed by atoms with Crippen LogP contribution in [0.25, 0.3) is 43.6 Å². The predicted molar refractivity (Wildman–Crippen MR) is 195 cm³/mol. The summed E-state index contributed by atoms with van der Waals surface area (Å²) in [7, 11) is 0. The van der Waals surface area contributed by atoms with Crippen molar-refractivity contribution >= 4 is 55.2 Å². The first-order valence-corrected chi connectivity index (χ1v) is 16.7. The third kappa shape index (κ3) is 10.3. The molecule has 2 heterocycles. The number of aromatic nitrogens is 2. The molecule has 0 radical (unpaired) electrons. The van der Waals surface area contributed by atoms with Gasteiger partial charge in [0.05, 0.1) is 0 Å². The minimum Gasteiger partial charge on any atom is -0.869 e. The molecule has 0 unspecified atom stereocenters. The molecule has 0 spiro atoms. The normalized spacial score (nSPS) is 12.1. The molecule has 0 bridgehead atoms. The van der Waals surface area contributed by atoms with E-state index < -0.39 is 35.4 Å². The second-order valence-corrected chi connectivity index (χ2v) is 12.2. The van der Waals surface area contributed by atoms with Crippen molar-refractivity contribution in [2.24, 2.45) is 0 Å². The van der Waals surface area contributed by atoms with Crippen molar-refractivity contribution in [3.05, 3.63) is 120 Å². The number of nitrogens with zero attached hydrogens (tertiary/aromatic N) is 2. The van der Waals surface area contributed by atoms with E-state index in [1.54, 1.807) is 24.3 Å². The summed E-state index contributed by atoms with van der Waals surface area (Å²) in [5, 5.41) is 25.5. The van der Waals surface area contributed by atoms with E-state index in [9.17, 15) is 46.1 Å². The monoisotopic (exact) mass is 872 g/mol. The summed E-state index contributed by atoms with van der Waals surface area (Å²) in [6.45, 7) is 5.81. The first-order valence-electron chi connectivity index (χ1n) is 16.7. The van der Waals surface area contributed by atoms with Crippen molar-refractivity contribution in [1.29, 1.82) is 0 Å². The number of para-hydroxylation sites is 2. The number of ketones is 2. The molecule has 6 N–H and O–H groups in total. The Morgan fingerprint density at radius 1 is 0.564 bits per heavy atom. The van der Waals surface area contributed by atoms with Crippen LogP contribution in [0.2, 0.25) is 0 Å². The smallest absolute Gasteiger partial charge is 0.869 e. The number of rotatable bonds is 10. The van der Waals surface area contributed by atoms with Crippen LogP contribution < -0.4 is 10.2 Å². The van der Waals surface area contributed by atoms with E-state index in [1.165, 1.54) is 12.1 Å². The number of benzene rings is 4. The van der Waals surface area contributed by atoms with Crippen LogP contribution in [0.15, 0.2) is 109 Å². The van der Waals surface area contributed by atoms with Gasteiger partial charge in [0.25, 0.3) is 0 Å². The van der Waals surface area contributed by atoms with E-state index in [2.05, 4.69) is 23.0 Å². The summed E-state index contributed by atoms with van der Waals surface area (Å²) in [6.07, 6.45) is -5.84. The minimum absolute atomic E-state index is 0. The van der Waals surface area contributed by atoms with Gasteiger partial charge in [-0.25, -0.2) is 0 Å². The second kappa shape index (κ2) is 19.3. The van der Waals surface area contributed by atoms with Crippen LogP contribution in [0.1, 0.15) is 60.2 Å². The summed E-state index contributed by atoms with van der Waals surface area (Å²) >= 11 is 0. The Balaban J connectivity index is 0.000000360. The summed E-state index contributed by atoms with van der Waals surface area (Å²) < 4.78 is 78.5. The number of allylic oxidation sites excluding steroid dienone is 4.